The molecule has 1 amide bonds. The van der Waals surface area contributed by atoms with E-state index in [-0.39, 0.29) is 11.9 Å². The first kappa shape index (κ1) is 23.1. The van der Waals surface area contributed by atoms with Gasteiger partial charge in [0.1, 0.15) is 5.00 Å². The number of carbonyl (C=O) groups excluding carboxylic acids is 2. The summed E-state index contributed by atoms with van der Waals surface area (Å²) in [4.78, 5) is 31.1. The summed E-state index contributed by atoms with van der Waals surface area (Å²) in [7, 11) is 0. The number of carbonyl (C=O) groups is 2. The van der Waals surface area contributed by atoms with Gasteiger partial charge in [-0.1, -0.05) is 30.7 Å². The summed E-state index contributed by atoms with van der Waals surface area (Å²) in [5.74, 6) is 0.172. The molecule has 1 aliphatic heterocycles. The molecule has 1 aromatic heterocycles. The monoisotopic (exact) mass is 475 g/mol. The van der Waals surface area contributed by atoms with E-state index in [9.17, 15) is 9.59 Å². The summed E-state index contributed by atoms with van der Waals surface area (Å²) in [5, 5.41) is 4.42. The Balaban J connectivity index is 1.39. The van der Waals surface area contributed by atoms with Gasteiger partial charge in [0.25, 0.3) is 0 Å². The van der Waals surface area contributed by atoms with Crippen LogP contribution in [0.25, 0.3) is 0 Å². The van der Waals surface area contributed by atoms with Gasteiger partial charge in [-0.15, -0.1) is 11.3 Å². The highest BCUT2D eigenvalue weighted by atomic mass is 35.5. The molecule has 0 radical (unpaired) electrons. The van der Waals surface area contributed by atoms with Gasteiger partial charge in [0.05, 0.1) is 29.4 Å². The number of hydrogen-bond donors (Lipinski definition) is 1. The van der Waals surface area contributed by atoms with E-state index in [0.717, 1.165) is 61.7 Å². The molecular formula is C24H30ClN3O3S. The van der Waals surface area contributed by atoms with E-state index in [1.165, 1.54) is 16.2 Å². The number of ether oxygens (including phenoxy) is 1. The zero-order chi connectivity index (χ0) is 22.7. The number of para-hydroxylation sites is 1. The van der Waals surface area contributed by atoms with Crippen LogP contribution in [0.4, 0.5) is 10.7 Å². The zero-order valence-electron chi connectivity index (χ0n) is 18.7. The third-order valence-corrected chi connectivity index (χ3v) is 7.67. The molecule has 2 aromatic rings. The summed E-state index contributed by atoms with van der Waals surface area (Å²) in [6, 6.07) is 7.85. The molecule has 1 N–H and O–H groups in total. The van der Waals surface area contributed by atoms with Crippen LogP contribution in [0.5, 0.6) is 0 Å². The molecule has 0 unspecified atom stereocenters. The van der Waals surface area contributed by atoms with Gasteiger partial charge >= 0.3 is 5.97 Å². The van der Waals surface area contributed by atoms with Crippen molar-refractivity contribution in [3.05, 3.63) is 45.3 Å². The number of hydrogen-bond acceptors (Lipinski definition) is 6. The molecule has 32 heavy (non-hydrogen) atoms. The maximum atomic E-state index is 12.9. The lowest BCUT2D eigenvalue weighted by atomic mass is 9.88. The molecule has 6 nitrogen and oxygen atoms in total. The van der Waals surface area contributed by atoms with E-state index >= 15 is 0 Å². The maximum absolute atomic E-state index is 12.9. The van der Waals surface area contributed by atoms with Crippen LogP contribution in [-0.2, 0) is 22.4 Å². The van der Waals surface area contributed by atoms with Gasteiger partial charge in [0.2, 0.25) is 5.91 Å². The van der Waals surface area contributed by atoms with Crippen LogP contribution in [0.3, 0.4) is 0 Å². The second kappa shape index (κ2) is 10.2. The van der Waals surface area contributed by atoms with Crippen molar-refractivity contribution >= 4 is 45.5 Å². The van der Waals surface area contributed by atoms with Crippen molar-refractivity contribution in [2.45, 2.75) is 33.1 Å². The third-order valence-electron chi connectivity index (χ3n) is 6.18. The first-order valence-corrected chi connectivity index (χ1v) is 12.5. The van der Waals surface area contributed by atoms with Crippen molar-refractivity contribution in [2.24, 2.45) is 5.92 Å². The standard InChI is InChI=1S/C24H30ClN3O3S/c1-3-31-24(30)22-17-9-8-16(2)14-20(17)32-23(22)26-21(29)15-27-10-12-28(13-11-27)19-7-5-4-6-18(19)25/h4-7,16H,3,8-15H2,1-2H3,(H,26,29)/t16-/m1/s1. The van der Waals surface area contributed by atoms with Gasteiger partial charge in [-0.05, 0) is 49.8 Å². The molecule has 1 atom stereocenters. The molecule has 8 heteroatoms. The zero-order valence-corrected chi connectivity index (χ0v) is 20.2. The van der Waals surface area contributed by atoms with Crippen LogP contribution in [0, 0.1) is 5.92 Å². The highest BCUT2D eigenvalue weighted by Gasteiger charge is 2.29. The fraction of sp³-hybridized carbons (Fsp3) is 0.500. The van der Waals surface area contributed by atoms with E-state index in [1.54, 1.807) is 6.92 Å². The number of nitrogens with zero attached hydrogens (tertiary/aromatic N) is 2. The van der Waals surface area contributed by atoms with Gasteiger partial charge in [-0.2, -0.15) is 0 Å². The summed E-state index contributed by atoms with van der Waals surface area (Å²) < 4.78 is 5.30. The van der Waals surface area contributed by atoms with Crippen LogP contribution < -0.4 is 10.2 Å². The molecule has 1 saturated heterocycles. The molecule has 1 fully saturated rings. The lowest BCUT2D eigenvalue weighted by Crippen LogP contribution is -2.48. The van der Waals surface area contributed by atoms with Crippen LogP contribution in [-0.4, -0.2) is 56.1 Å². The highest BCUT2D eigenvalue weighted by molar-refractivity contribution is 7.17. The lowest BCUT2D eigenvalue weighted by Gasteiger charge is -2.36. The fourth-order valence-corrected chi connectivity index (χ4v) is 6.15. The van der Waals surface area contributed by atoms with Crippen molar-refractivity contribution in [2.75, 3.05) is 49.5 Å². The molecule has 0 bridgehead atoms. The smallest absolute Gasteiger partial charge is 0.341 e. The van der Waals surface area contributed by atoms with Gasteiger partial charge in [-0.25, -0.2) is 4.79 Å². The Hall–Kier alpha value is -2.09. The molecule has 1 aliphatic carbocycles. The minimum atomic E-state index is -0.330. The fourth-order valence-electron chi connectivity index (χ4n) is 4.48. The molecule has 0 saturated carbocycles. The van der Waals surface area contributed by atoms with Crippen LogP contribution in [0.2, 0.25) is 5.02 Å². The highest BCUT2D eigenvalue weighted by Crippen LogP contribution is 2.40. The van der Waals surface area contributed by atoms with Gasteiger partial charge in [-0.3, -0.25) is 9.69 Å². The van der Waals surface area contributed by atoms with Crippen LogP contribution in [0.15, 0.2) is 24.3 Å². The number of benzene rings is 1. The average molecular weight is 476 g/mol. The minimum absolute atomic E-state index is 0.0895. The van der Waals surface area contributed by atoms with Crippen molar-refractivity contribution in [1.82, 2.24) is 4.90 Å². The molecular weight excluding hydrogens is 446 g/mol. The van der Waals surface area contributed by atoms with E-state index in [1.807, 2.05) is 24.3 Å². The van der Waals surface area contributed by atoms with Crippen molar-refractivity contribution in [3.8, 4) is 0 Å². The van der Waals surface area contributed by atoms with Crippen molar-refractivity contribution < 1.29 is 14.3 Å². The van der Waals surface area contributed by atoms with E-state index < -0.39 is 0 Å². The number of anilines is 2. The molecule has 4 rings (SSSR count). The van der Waals surface area contributed by atoms with Crippen LogP contribution >= 0.6 is 22.9 Å². The number of halogens is 1. The van der Waals surface area contributed by atoms with Crippen LogP contribution in [0.1, 0.15) is 41.1 Å². The summed E-state index contributed by atoms with van der Waals surface area (Å²) in [6.07, 6.45) is 2.87. The number of fused-ring (bicyclic) bond motifs is 1. The normalized spacial score (nSPS) is 18.8. The average Bonchev–Trinajstić information content (AvgIpc) is 3.11. The number of esters is 1. The van der Waals surface area contributed by atoms with E-state index in [2.05, 4.69) is 22.0 Å². The first-order valence-electron chi connectivity index (χ1n) is 11.3. The van der Waals surface area contributed by atoms with Crippen molar-refractivity contribution in [1.29, 1.82) is 0 Å². The molecule has 2 heterocycles. The SMILES string of the molecule is CCOC(=O)c1c(NC(=O)CN2CCN(c3ccccc3Cl)CC2)sc2c1CC[C@@H](C)C2. The van der Waals surface area contributed by atoms with E-state index in [0.29, 0.717) is 29.6 Å². The summed E-state index contributed by atoms with van der Waals surface area (Å²) in [5.41, 5.74) is 2.67. The topological polar surface area (TPSA) is 61.9 Å². The second-order valence-electron chi connectivity index (χ2n) is 8.54. The molecule has 2 aliphatic rings. The van der Waals surface area contributed by atoms with Crippen molar-refractivity contribution in [3.63, 3.8) is 0 Å². The first-order chi connectivity index (χ1) is 15.5. The summed E-state index contributed by atoms with van der Waals surface area (Å²) in [6.45, 7) is 7.85. The number of nitrogens with one attached hydrogen (secondary N) is 1. The molecule has 172 valence electrons. The maximum Gasteiger partial charge on any atom is 0.341 e. The summed E-state index contributed by atoms with van der Waals surface area (Å²) >= 11 is 7.86. The molecule has 0 spiro atoms. The number of thiophene rings is 1. The predicted octanol–water partition coefficient (Wildman–Crippen LogP) is 4.46. The largest absolute Gasteiger partial charge is 0.462 e. The minimum Gasteiger partial charge on any atom is -0.462 e. The van der Waals surface area contributed by atoms with E-state index in [4.69, 9.17) is 16.3 Å². The second-order valence-corrected chi connectivity index (χ2v) is 10.1. The lowest BCUT2D eigenvalue weighted by molar-refractivity contribution is -0.117. The van der Waals surface area contributed by atoms with Gasteiger partial charge in [0.15, 0.2) is 0 Å². The predicted molar refractivity (Wildman–Crippen MR) is 130 cm³/mol. The Kier molecular flexibility index (Phi) is 7.38. The number of amides is 1. The Morgan fingerprint density at radius 3 is 2.69 bits per heavy atom. The quantitative estimate of drug-likeness (QED) is 0.625. The third kappa shape index (κ3) is 5.11. The Labute approximate surface area is 198 Å². The Bertz CT molecular complexity index is 985. The Morgan fingerprint density at radius 1 is 1.22 bits per heavy atom. The van der Waals surface area contributed by atoms with Gasteiger partial charge < -0.3 is 15.0 Å². The Morgan fingerprint density at radius 2 is 1.97 bits per heavy atom. The molecule has 1 aromatic carbocycles. The number of rotatable bonds is 6. The number of piperazine rings is 1. The van der Waals surface area contributed by atoms with Gasteiger partial charge in [0, 0.05) is 31.1 Å².